The summed E-state index contributed by atoms with van der Waals surface area (Å²) in [6.45, 7) is 4.91. The zero-order chi connectivity index (χ0) is 20.1. The number of unbranched alkanes of at least 4 members (excludes halogenated alkanes) is 1. The Labute approximate surface area is 164 Å². The Bertz CT molecular complexity index is 929. The number of nitrogen functional groups attached to an aromatic ring is 1. The molecule has 1 aliphatic heterocycles. The van der Waals surface area contributed by atoms with Crippen molar-refractivity contribution in [2.75, 3.05) is 44.0 Å². The van der Waals surface area contributed by atoms with Crippen molar-refractivity contribution in [3.63, 3.8) is 0 Å². The highest BCUT2D eigenvalue weighted by molar-refractivity contribution is 5.63. The molecule has 2 N–H and O–H groups in total. The van der Waals surface area contributed by atoms with Gasteiger partial charge in [-0.25, -0.2) is 4.79 Å². The minimum atomic E-state index is -0.379. The second-order valence-corrected chi connectivity index (χ2v) is 6.86. The molecule has 1 aromatic heterocycles. The van der Waals surface area contributed by atoms with Gasteiger partial charge in [0.15, 0.2) is 0 Å². The van der Waals surface area contributed by atoms with E-state index in [9.17, 15) is 9.59 Å². The van der Waals surface area contributed by atoms with Crippen LogP contribution in [0.15, 0.2) is 33.9 Å². The fourth-order valence-corrected chi connectivity index (χ4v) is 3.41. The number of nitrogens with two attached hydrogens (primary N) is 1. The van der Waals surface area contributed by atoms with Crippen LogP contribution in [0.1, 0.15) is 25.3 Å². The van der Waals surface area contributed by atoms with Crippen LogP contribution in [0.3, 0.4) is 0 Å². The molecular formula is C20H28N4O4. The first-order valence-electron chi connectivity index (χ1n) is 9.65. The zero-order valence-electron chi connectivity index (χ0n) is 16.5. The Kier molecular flexibility index (Phi) is 6.41. The first kappa shape index (κ1) is 20.0. The minimum Gasteiger partial charge on any atom is -0.497 e. The lowest BCUT2D eigenvalue weighted by Crippen LogP contribution is -2.47. The van der Waals surface area contributed by atoms with E-state index in [4.69, 9.17) is 15.2 Å². The van der Waals surface area contributed by atoms with E-state index in [0.717, 1.165) is 18.4 Å². The summed E-state index contributed by atoms with van der Waals surface area (Å²) in [5, 5.41) is 0. The normalized spacial score (nSPS) is 14.3. The van der Waals surface area contributed by atoms with Gasteiger partial charge in [0, 0.05) is 19.6 Å². The zero-order valence-corrected chi connectivity index (χ0v) is 16.5. The minimum absolute atomic E-state index is 0.165. The molecule has 8 nitrogen and oxygen atoms in total. The molecule has 3 rings (SSSR count). The van der Waals surface area contributed by atoms with E-state index in [0.29, 0.717) is 44.3 Å². The number of anilines is 2. The molecule has 1 saturated heterocycles. The van der Waals surface area contributed by atoms with Crippen molar-refractivity contribution in [3.05, 3.63) is 50.7 Å². The molecule has 0 atom stereocenters. The van der Waals surface area contributed by atoms with Gasteiger partial charge >= 0.3 is 5.69 Å². The maximum atomic E-state index is 13.3. The van der Waals surface area contributed by atoms with Crippen molar-refractivity contribution >= 4 is 11.5 Å². The summed E-state index contributed by atoms with van der Waals surface area (Å²) >= 11 is 0. The highest BCUT2D eigenvalue weighted by Crippen LogP contribution is 2.19. The summed E-state index contributed by atoms with van der Waals surface area (Å²) in [6.07, 6.45) is 1.73. The lowest BCUT2D eigenvalue weighted by molar-refractivity contribution is 0.122. The third-order valence-electron chi connectivity index (χ3n) is 4.98. The quantitative estimate of drug-likeness (QED) is 0.768. The summed E-state index contributed by atoms with van der Waals surface area (Å²) in [7, 11) is 1.59. The first-order valence-corrected chi connectivity index (χ1v) is 9.65. The van der Waals surface area contributed by atoms with Crippen LogP contribution in [0.4, 0.5) is 11.5 Å². The monoisotopic (exact) mass is 388 g/mol. The third kappa shape index (κ3) is 4.06. The van der Waals surface area contributed by atoms with Gasteiger partial charge in [-0.2, -0.15) is 0 Å². The Morgan fingerprint density at radius 1 is 1.18 bits per heavy atom. The van der Waals surface area contributed by atoms with Gasteiger partial charge < -0.3 is 20.1 Å². The number of hydrogen-bond acceptors (Lipinski definition) is 6. The van der Waals surface area contributed by atoms with E-state index in [1.54, 1.807) is 7.11 Å². The molecule has 1 aliphatic rings. The van der Waals surface area contributed by atoms with Gasteiger partial charge in [-0.15, -0.1) is 0 Å². The molecule has 0 spiro atoms. The number of hydrogen-bond donors (Lipinski definition) is 1. The highest BCUT2D eigenvalue weighted by atomic mass is 16.5. The number of ether oxygens (including phenoxy) is 2. The topological polar surface area (TPSA) is 91.7 Å². The predicted octanol–water partition coefficient (Wildman–Crippen LogP) is 1.29. The summed E-state index contributed by atoms with van der Waals surface area (Å²) in [5.74, 6) is 0.924. The van der Waals surface area contributed by atoms with E-state index >= 15 is 0 Å². The van der Waals surface area contributed by atoms with Gasteiger partial charge in [0.25, 0.3) is 5.56 Å². The molecule has 2 heterocycles. The molecule has 2 aromatic rings. The molecular weight excluding hydrogens is 360 g/mol. The smallest absolute Gasteiger partial charge is 0.332 e. The molecule has 1 aromatic carbocycles. The van der Waals surface area contributed by atoms with Gasteiger partial charge in [0.2, 0.25) is 0 Å². The number of nitrogens with zero attached hydrogens (tertiary/aromatic N) is 3. The van der Waals surface area contributed by atoms with E-state index in [1.165, 1.54) is 9.13 Å². The average Bonchev–Trinajstić information content (AvgIpc) is 2.72. The molecule has 0 amide bonds. The molecule has 152 valence electrons. The molecule has 0 saturated carbocycles. The van der Waals surface area contributed by atoms with E-state index in [2.05, 4.69) is 6.92 Å². The van der Waals surface area contributed by atoms with Crippen LogP contribution in [-0.2, 0) is 17.8 Å². The van der Waals surface area contributed by atoms with E-state index in [1.807, 2.05) is 29.2 Å². The molecule has 28 heavy (non-hydrogen) atoms. The van der Waals surface area contributed by atoms with Gasteiger partial charge in [-0.3, -0.25) is 13.9 Å². The van der Waals surface area contributed by atoms with Crippen LogP contribution in [0, 0.1) is 0 Å². The molecule has 0 bridgehead atoms. The second kappa shape index (κ2) is 8.97. The predicted molar refractivity (Wildman–Crippen MR) is 109 cm³/mol. The van der Waals surface area contributed by atoms with Crippen molar-refractivity contribution < 1.29 is 9.47 Å². The number of morpholine rings is 1. The Hall–Kier alpha value is -2.74. The molecule has 1 fully saturated rings. The number of methoxy groups -OCH3 is 1. The SMILES string of the molecule is CCCCn1c(N)c(N2CCOCC2)c(=O)n(Cc2cccc(OC)c2)c1=O. The summed E-state index contributed by atoms with van der Waals surface area (Å²) in [4.78, 5) is 28.3. The first-order chi connectivity index (χ1) is 13.6. The summed E-state index contributed by atoms with van der Waals surface area (Å²) in [6, 6.07) is 7.37. The van der Waals surface area contributed by atoms with Gasteiger partial charge in [0.1, 0.15) is 17.3 Å². The maximum Gasteiger partial charge on any atom is 0.332 e. The van der Waals surface area contributed by atoms with Crippen LogP contribution in [0.2, 0.25) is 0 Å². The number of rotatable bonds is 7. The van der Waals surface area contributed by atoms with Gasteiger partial charge in [-0.05, 0) is 24.1 Å². The average molecular weight is 388 g/mol. The summed E-state index contributed by atoms with van der Waals surface area (Å²) < 4.78 is 13.4. The lowest BCUT2D eigenvalue weighted by atomic mass is 10.2. The van der Waals surface area contributed by atoms with Crippen molar-refractivity contribution in [2.45, 2.75) is 32.9 Å². The number of aromatic nitrogens is 2. The van der Waals surface area contributed by atoms with Crippen LogP contribution in [-0.4, -0.2) is 42.5 Å². The fraction of sp³-hybridized carbons (Fsp3) is 0.500. The maximum absolute atomic E-state index is 13.3. The van der Waals surface area contributed by atoms with Crippen molar-refractivity contribution in [1.82, 2.24) is 9.13 Å². The number of benzene rings is 1. The standard InChI is InChI=1S/C20H28N4O4/c1-3-4-8-23-18(21)17(22-9-11-28-12-10-22)19(25)24(20(23)26)14-15-6-5-7-16(13-15)27-2/h5-7,13H,3-4,8-12,14,21H2,1-2H3. The van der Waals surface area contributed by atoms with E-state index < -0.39 is 0 Å². The molecule has 8 heteroatoms. The van der Waals surface area contributed by atoms with Crippen molar-refractivity contribution in [1.29, 1.82) is 0 Å². The molecule has 0 radical (unpaired) electrons. The fourth-order valence-electron chi connectivity index (χ4n) is 3.41. The lowest BCUT2D eigenvalue weighted by Gasteiger charge is -2.30. The van der Waals surface area contributed by atoms with Crippen molar-refractivity contribution in [2.24, 2.45) is 0 Å². The second-order valence-electron chi connectivity index (χ2n) is 6.86. The Morgan fingerprint density at radius 2 is 1.93 bits per heavy atom. The van der Waals surface area contributed by atoms with Gasteiger partial charge in [-0.1, -0.05) is 25.5 Å². The van der Waals surface area contributed by atoms with Crippen LogP contribution in [0.5, 0.6) is 5.75 Å². The summed E-state index contributed by atoms with van der Waals surface area (Å²) in [5.41, 5.74) is 6.78. The van der Waals surface area contributed by atoms with Crippen LogP contribution < -0.4 is 26.6 Å². The molecule has 0 aliphatic carbocycles. The van der Waals surface area contributed by atoms with Crippen LogP contribution in [0.25, 0.3) is 0 Å². The third-order valence-corrected chi connectivity index (χ3v) is 4.98. The Balaban J connectivity index is 2.11. The van der Waals surface area contributed by atoms with Gasteiger partial charge in [0.05, 0.1) is 26.9 Å². The van der Waals surface area contributed by atoms with Crippen LogP contribution >= 0.6 is 0 Å². The highest BCUT2D eigenvalue weighted by Gasteiger charge is 2.23. The van der Waals surface area contributed by atoms with Crippen molar-refractivity contribution in [3.8, 4) is 5.75 Å². The Morgan fingerprint density at radius 3 is 2.61 bits per heavy atom. The largest absolute Gasteiger partial charge is 0.497 e. The molecule has 0 unspecified atom stereocenters. The van der Waals surface area contributed by atoms with E-state index in [-0.39, 0.29) is 23.6 Å².